The van der Waals surface area contributed by atoms with Crippen LogP contribution in [-0.4, -0.2) is 13.1 Å². The number of carbonyl (C=O) groups excluding carboxylic acids is 1. The monoisotopic (exact) mass is 248 g/mol. The van der Waals surface area contributed by atoms with Crippen molar-refractivity contribution < 1.29 is 27.1 Å². The van der Waals surface area contributed by atoms with Crippen LogP contribution in [0, 0.1) is 5.82 Å². The van der Waals surface area contributed by atoms with Crippen molar-refractivity contribution >= 4 is 12.0 Å². The molecule has 0 N–H and O–H groups in total. The normalized spacial score (nSPS) is 11.8. The van der Waals surface area contributed by atoms with E-state index in [4.69, 9.17) is 0 Å². The molecule has 0 amide bonds. The minimum absolute atomic E-state index is 0.689. The van der Waals surface area contributed by atoms with Crippen molar-refractivity contribution in [2.45, 2.75) is 6.18 Å². The molecule has 0 aromatic heterocycles. The van der Waals surface area contributed by atoms with Crippen molar-refractivity contribution in [2.24, 2.45) is 0 Å². The van der Waals surface area contributed by atoms with Gasteiger partial charge >= 0.3 is 12.1 Å². The Morgan fingerprint density at radius 1 is 1.35 bits per heavy atom. The lowest BCUT2D eigenvalue weighted by atomic mass is 10.1. The number of carbonyl (C=O) groups is 1. The molecule has 0 aliphatic heterocycles. The van der Waals surface area contributed by atoms with E-state index in [1.165, 1.54) is 0 Å². The maximum atomic E-state index is 13.2. The van der Waals surface area contributed by atoms with E-state index in [1.807, 2.05) is 0 Å². The van der Waals surface area contributed by atoms with Crippen LogP contribution in [0.15, 0.2) is 24.3 Å². The molecule has 0 spiro atoms. The fourth-order valence-electron chi connectivity index (χ4n) is 1.17. The molecule has 1 aromatic carbocycles. The Kier molecular flexibility index (Phi) is 3.88. The minimum Gasteiger partial charge on any atom is -0.466 e. The molecule has 0 atom stereocenters. The zero-order chi connectivity index (χ0) is 13.1. The fraction of sp³-hybridized carbons (Fsp3) is 0.182. The van der Waals surface area contributed by atoms with Gasteiger partial charge in [0.25, 0.3) is 0 Å². The van der Waals surface area contributed by atoms with Gasteiger partial charge in [-0.1, -0.05) is 6.07 Å². The van der Waals surface area contributed by atoms with Gasteiger partial charge in [0.05, 0.1) is 12.7 Å². The number of esters is 1. The van der Waals surface area contributed by atoms with Crippen molar-refractivity contribution in [2.75, 3.05) is 7.11 Å². The lowest BCUT2D eigenvalue weighted by Gasteiger charge is -2.10. The summed E-state index contributed by atoms with van der Waals surface area (Å²) in [5, 5.41) is 0. The Morgan fingerprint density at radius 3 is 2.53 bits per heavy atom. The summed E-state index contributed by atoms with van der Waals surface area (Å²) in [7, 11) is 1.07. The maximum Gasteiger partial charge on any atom is 0.417 e. The molecular formula is C11H8F4O2. The molecule has 0 aliphatic carbocycles. The van der Waals surface area contributed by atoms with Crippen molar-refractivity contribution in [3.8, 4) is 0 Å². The van der Waals surface area contributed by atoms with Gasteiger partial charge in [-0.3, -0.25) is 0 Å². The van der Waals surface area contributed by atoms with Gasteiger partial charge in [0, 0.05) is 11.6 Å². The first-order valence-corrected chi connectivity index (χ1v) is 4.48. The minimum atomic E-state index is -4.68. The molecule has 0 saturated carbocycles. The van der Waals surface area contributed by atoms with Crippen molar-refractivity contribution in [1.29, 1.82) is 0 Å². The van der Waals surface area contributed by atoms with Crippen molar-refractivity contribution in [3.63, 3.8) is 0 Å². The first-order valence-electron chi connectivity index (χ1n) is 4.48. The zero-order valence-electron chi connectivity index (χ0n) is 8.72. The summed E-state index contributed by atoms with van der Waals surface area (Å²) in [6.45, 7) is 0. The number of benzene rings is 1. The first-order chi connectivity index (χ1) is 7.86. The summed E-state index contributed by atoms with van der Waals surface area (Å²) >= 11 is 0. The topological polar surface area (TPSA) is 26.3 Å². The van der Waals surface area contributed by atoms with E-state index in [1.54, 1.807) is 0 Å². The highest BCUT2D eigenvalue weighted by atomic mass is 19.4. The number of hydrogen-bond acceptors (Lipinski definition) is 2. The van der Waals surface area contributed by atoms with Gasteiger partial charge < -0.3 is 4.74 Å². The second-order valence-electron chi connectivity index (χ2n) is 3.06. The SMILES string of the molecule is COC(=O)/C=C/c1c(F)cccc1C(F)(F)F. The third-order valence-electron chi connectivity index (χ3n) is 1.95. The Balaban J connectivity index is 3.22. The number of hydrogen-bond donors (Lipinski definition) is 0. The molecule has 0 heterocycles. The van der Waals surface area contributed by atoms with Crippen LogP contribution in [0.25, 0.3) is 6.08 Å². The molecule has 2 nitrogen and oxygen atoms in total. The van der Waals surface area contributed by atoms with E-state index in [-0.39, 0.29) is 0 Å². The summed E-state index contributed by atoms with van der Waals surface area (Å²) < 4.78 is 55.0. The van der Waals surface area contributed by atoms with E-state index in [9.17, 15) is 22.4 Å². The Morgan fingerprint density at radius 2 is 2.00 bits per heavy atom. The fourth-order valence-corrected chi connectivity index (χ4v) is 1.17. The molecule has 0 aliphatic rings. The van der Waals surface area contributed by atoms with Crippen LogP contribution < -0.4 is 0 Å². The highest BCUT2D eigenvalue weighted by Gasteiger charge is 2.33. The predicted molar refractivity (Wildman–Crippen MR) is 52.5 cm³/mol. The maximum absolute atomic E-state index is 13.2. The molecule has 0 saturated heterocycles. The highest BCUT2D eigenvalue weighted by Crippen LogP contribution is 2.33. The zero-order valence-corrected chi connectivity index (χ0v) is 8.72. The van der Waals surface area contributed by atoms with Crippen LogP contribution in [0.1, 0.15) is 11.1 Å². The smallest absolute Gasteiger partial charge is 0.417 e. The lowest BCUT2D eigenvalue weighted by molar-refractivity contribution is -0.138. The second kappa shape index (κ2) is 4.99. The number of alkyl halides is 3. The van der Waals surface area contributed by atoms with E-state index in [0.29, 0.717) is 0 Å². The standard InChI is InChI=1S/C11H8F4O2/c1-17-10(16)6-5-7-8(11(13,14)15)3-2-4-9(7)12/h2-6H,1H3/b6-5+. The van der Waals surface area contributed by atoms with Crippen molar-refractivity contribution in [3.05, 3.63) is 41.2 Å². The summed E-state index contributed by atoms with van der Waals surface area (Å²) in [5.74, 6) is -1.92. The molecule has 1 rings (SSSR count). The van der Waals surface area contributed by atoms with Gasteiger partial charge in [0.1, 0.15) is 5.82 Å². The van der Waals surface area contributed by atoms with E-state index in [2.05, 4.69) is 4.74 Å². The first kappa shape index (κ1) is 13.2. The molecule has 0 bridgehead atoms. The van der Waals surface area contributed by atoms with Gasteiger partial charge in [-0.15, -0.1) is 0 Å². The molecule has 0 fully saturated rings. The van der Waals surface area contributed by atoms with Gasteiger partial charge in [-0.25, -0.2) is 9.18 Å². The van der Waals surface area contributed by atoms with Crippen LogP contribution in [-0.2, 0) is 15.7 Å². The molecule has 0 unspecified atom stereocenters. The molecule has 0 radical (unpaired) electrons. The predicted octanol–water partition coefficient (Wildman–Crippen LogP) is 3.03. The van der Waals surface area contributed by atoms with Crippen LogP contribution in [0.2, 0.25) is 0 Å². The largest absolute Gasteiger partial charge is 0.466 e. The third kappa shape index (κ3) is 3.30. The highest BCUT2D eigenvalue weighted by molar-refractivity contribution is 5.87. The number of ether oxygens (including phenoxy) is 1. The summed E-state index contributed by atoms with van der Waals surface area (Å²) in [6.07, 6.45) is -3.21. The average Bonchev–Trinajstić information content (AvgIpc) is 2.25. The van der Waals surface area contributed by atoms with Crippen LogP contribution in [0.5, 0.6) is 0 Å². The summed E-state index contributed by atoms with van der Waals surface area (Å²) in [6, 6.07) is 2.57. The van der Waals surface area contributed by atoms with Gasteiger partial charge in [-0.05, 0) is 18.2 Å². The van der Waals surface area contributed by atoms with Crippen molar-refractivity contribution in [1.82, 2.24) is 0 Å². The third-order valence-corrected chi connectivity index (χ3v) is 1.95. The number of rotatable bonds is 2. The van der Waals surface area contributed by atoms with Crippen LogP contribution >= 0.6 is 0 Å². The molecule has 1 aromatic rings. The Hall–Kier alpha value is -1.85. The van der Waals surface area contributed by atoms with E-state index >= 15 is 0 Å². The van der Waals surface area contributed by atoms with Gasteiger partial charge in [0.15, 0.2) is 0 Å². The van der Waals surface area contributed by atoms with Gasteiger partial charge in [-0.2, -0.15) is 13.2 Å². The Bertz CT molecular complexity index is 449. The molecule has 6 heteroatoms. The second-order valence-corrected chi connectivity index (χ2v) is 3.06. The van der Waals surface area contributed by atoms with E-state index < -0.39 is 29.1 Å². The molecule has 17 heavy (non-hydrogen) atoms. The Labute approximate surface area is 94.5 Å². The van der Waals surface area contributed by atoms with Gasteiger partial charge in [0.2, 0.25) is 0 Å². The van der Waals surface area contributed by atoms with Crippen LogP contribution in [0.4, 0.5) is 17.6 Å². The number of halogens is 4. The quantitative estimate of drug-likeness (QED) is 0.457. The van der Waals surface area contributed by atoms with E-state index in [0.717, 1.165) is 37.5 Å². The number of methoxy groups -OCH3 is 1. The summed E-state index contributed by atoms with van der Waals surface area (Å²) in [4.78, 5) is 10.7. The average molecular weight is 248 g/mol. The molecular weight excluding hydrogens is 240 g/mol. The summed E-state index contributed by atoms with van der Waals surface area (Å²) in [5.41, 5.74) is -1.83. The molecule has 92 valence electrons. The van der Waals surface area contributed by atoms with Crippen LogP contribution in [0.3, 0.4) is 0 Å². The lowest BCUT2D eigenvalue weighted by Crippen LogP contribution is -2.08.